The van der Waals surface area contributed by atoms with Crippen LogP contribution < -0.4 is 0 Å². The summed E-state index contributed by atoms with van der Waals surface area (Å²) in [5.74, 6) is 0. The topological polar surface area (TPSA) is 17.8 Å². The quantitative estimate of drug-likeness (QED) is 0.761. The summed E-state index contributed by atoms with van der Waals surface area (Å²) in [6.07, 6.45) is 0. The third-order valence-corrected chi connectivity index (χ3v) is 2.99. The number of alkyl halides is 1. The van der Waals surface area contributed by atoms with Gasteiger partial charge in [0.2, 0.25) is 0 Å². The van der Waals surface area contributed by atoms with Crippen LogP contribution in [-0.4, -0.2) is 9.78 Å². The first-order valence-corrected chi connectivity index (χ1v) is 6.01. The summed E-state index contributed by atoms with van der Waals surface area (Å²) < 4.78 is 1.97. The molecular weight excluding hydrogens is 252 g/mol. The molecule has 0 fully saturated rings. The first-order chi connectivity index (χ1) is 7.20. The van der Waals surface area contributed by atoms with Gasteiger partial charge in [-0.15, -0.1) is 0 Å². The summed E-state index contributed by atoms with van der Waals surface area (Å²) in [4.78, 5) is 0. The van der Waals surface area contributed by atoms with Crippen molar-refractivity contribution in [1.82, 2.24) is 9.78 Å². The lowest BCUT2D eigenvalue weighted by Crippen LogP contribution is -1.98. The Balaban J connectivity index is 2.41. The molecule has 1 aromatic carbocycles. The highest BCUT2D eigenvalue weighted by atomic mass is 79.9. The number of hydrogen-bond donors (Lipinski definition) is 0. The molecule has 0 unspecified atom stereocenters. The van der Waals surface area contributed by atoms with Gasteiger partial charge >= 0.3 is 0 Å². The maximum Gasteiger partial charge on any atom is 0.0648 e. The van der Waals surface area contributed by atoms with Gasteiger partial charge in [-0.2, -0.15) is 5.10 Å². The van der Waals surface area contributed by atoms with Crippen molar-refractivity contribution in [3.8, 4) is 5.69 Å². The Kier molecular flexibility index (Phi) is 2.91. The van der Waals surface area contributed by atoms with Crippen molar-refractivity contribution in [2.24, 2.45) is 0 Å². The lowest BCUT2D eigenvalue weighted by molar-refractivity contribution is 0.833. The SMILES string of the molecule is Cc1cc(C)n(-c2ccc(CBr)cc2)n1. The van der Waals surface area contributed by atoms with Gasteiger partial charge in [-0.05, 0) is 37.6 Å². The normalized spacial score (nSPS) is 10.6. The van der Waals surface area contributed by atoms with Crippen molar-refractivity contribution in [3.63, 3.8) is 0 Å². The molecule has 15 heavy (non-hydrogen) atoms. The molecule has 2 aromatic rings. The highest BCUT2D eigenvalue weighted by Crippen LogP contribution is 2.14. The first kappa shape index (κ1) is 10.4. The molecule has 0 saturated heterocycles. The summed E-state index contributed by atoms with van der Waals surface area (Å²) in [5.41, 5.74) is 4.61. The Morgan fingerprint density at radius 3 is 2.33 bits per heavy atom. The van der Waals surface area contributed by atoms with E-state index in [0.29, 0.717) is 0 Å². The first-order valence-electron chi connectivity index (χ1n) is 4.89. The average molecular weight is 265 g/mol. The fraction of sp³-hybridized carbons (Fsp3) is 0.250. The van der Waals surface area contributed by atoms with Gasteiger partial charge in [0.05, 0.1) is 11.4 Å². The molecule has 0 spiro atoms. The van der Waals surface area contributed by atoms with Crippen molar-refractivity contribution >= 4 is 15.9 Å². The smallest absolute Gasteiger partial charge is 0.0648 e. The molecule has 0 aliphatic heterocycles. The predicted octanol–water partition coefficient (Wildman–Crippen LogP) is 3.38. The van der Waals surface area contributed by atoms with Crippen molar-refractivity contribution in [1.29, 1.82) is 0 Å². The van der Waals surface area contributed by atoms with Gasteiger partial charge in [-0.3, -0.25) is 0 Å². The van der Waals surface area contributed by atoms with Gasteiger partial charge < -0.3 is 0 Å². The van der Waals surface area contributed by atoms with Crippen LogP contribution in [0.1, 0.15) is 17.0 Å². The van der Waals surface area contributed by atoms with E-state index >= 15 is 0 Å². The molecule has 0 radical (unpaired) electrons. The zero-order chi connectivity index (χ0) is 10.8. The Morgan fingerprint density at radius 2 is 1.87 bits per heavy atom. The van der Waals surface area contributed by atoms with E-state index in [0.717, 1.165) is 16.7 Å². The molecule has 1 heterocycles. The molecular formula is C12H13BrN2. The lowest BCUT2D eigenvalue weighted by Gasteiger charge is -2.04. The lowest BCUT2D eigenvalue weighted by atomic mass is 10.2. The number of aryl methyl sites for hydroxylation is 2. The highest BCUT2D eigenvalue weighted by molar-refractivity contribution is 9.08. The van der Waals surface area contributed by atoms with E-state index in [2.05, 4.69) is 58.3 Å². The van der Waals surface area contributed by atoms with E-state index in [1.54, 1.807) is 0 Å². The molecule has 0 aliphatic carbocycles. The van der Waals surface area contributed by atoms with Crippen LogP contribution in [0, 0.1) is 13.8 Å². The summed E-state index contributed by atoms with van der Waals surface area (Å²) in [7, 11) is 0. The Bertz CT molecular complexity index is 457. The summed E-state index contributed by atoms with van der Waals surface area (Å²) in [6.45, 7) is 4.08. The second-order valence-corrected chi connectivity index (χ2v) is 4.20. The second-order valence-electron chi connectivity index (χ2n) is 3.64. The van der Waals surface area contributed by atoms with Crippen LogP contribution >= 0.6 is 15.9 Å². The number of nitrogens with zero attached hydrogens (tertiary/aromatic N) is 2. The van der Waals surface area contributed by atoms with E-state index in [4.69, 9.17) is 0 Å². The van der Waals surface area contributed by atoms with Crippen LogP contribution in [0.25, 0.3) is 5.69 Å². The van der Waals surface area contributed by atoms with Crippen LogP contribution in [0.5, 0.6) is 0 Å². The van der Waals surface area contributed by atoms with Crippen LogP contribution in [0.3, 0.4) is 0 Å². The van der Waals surface area contributed by atoms with Gasteiger partial charge in [-0.25, -0.2) is 4.68 Å². The van der Waals surface area contributed by atoms with E-state index < -0.39 is 0 Å². The molecule has 0 N–H and O–H groups in total. The molecule has 0 saturated carbocycles. The molecule has 78 valence electrons. The number of hydrogen-bond acceptors (Lipinski definition) is 1. The molecule has 2 nitrogen and oxygen atoms in total. The minimum atomic E-state index is 0.893. The van der Waals surface area contributed by atoms with Gasteiger partial charge in [0.1, 0.15) is 0 Å². The van der Waals surface area contributed by atoms with Crippen LogP contribution in [0.4, 0.5) is 0 Å². The minimum absolute atomic E-state index is 0.893. The summed E-state index contributed by atoms with van der Waals surface area (Å²) in [6, 6.07) is 10.5. The maximum atomic E-state index is 4.44. The molecule has 0 aliphatic rings. The van der Waals surface area contributed by atoms with Gasteiger partial charge in [0.15, 0.2) is 0 Å². The summed E-state index contributed by atoms with van der Waals surface area (Å²) in [5, 5.41) is 5.33. The van der Waals surface area contributed by atoms with Crippen LogP contribution in [0.15, 0.2) is 30.3 Å². The minimum Gasteiger partial charge on any atom is -0.238 e. The molecule has 0 atom stereocenters. The van der Waals surface area contributed by atoms with Crippen molar-refractivity contribution in [3.05, 3.63) is 47.3 Å². The van der Waals surface area contributed by atoms with Crippen LogP contribution in [0.2, 0.25) is 0 Å². The van der Waals surface area contributed by atoms with Gasteiger partial charge in [0, 0.05) is 11.0 Å². The largest absolute Gasteiger partial charge is 0.238 e. The molecule has 0 bridgehead atoms. The van der Waals surface area contributed by atoms with E-state index in [-0.39, 0.29) is 0 Å². The van der Waals surface area contributed by atoms with E-state index in [9.17, 15) is 0 Å². The van der Waals surface area contributed by atoms with E-state index in [1.165, 1.54) is 11.3 Å². The predicted molar refractivity (Wildman–Crippen MR) is 65.7 cm³/mol. The summed E-state index contributed by atoms with van der Waals surface area (Å²) >= 11 is 3.43. The molecule has 2 rings (SSSR count). The van der Waals surface area contributed by atoms with Crippen LogP contribution in [-0.2, 0) is 5.33 Å². The van der Waals surface area contributed by atoms with Gasteiger partial charge in [-0.1, -0.05) is 28.1 Å². The Labute approximate surface area is 98.1 Å². The van der Waals surface area contributed by atoms with Crippen molar-refractivity contribution in [2.45, 2.75) is 19.2 Å². The monoisotopic (exact) mass is 264 g/mol. The number of halogens is 1. The average Bonchev–Trinajstić information content (AvgIpc) is 2.58. The van der Waals surface area contributed by atoms with Gasteiger partial charge in [0.25, 0.3) is 0 Å². The molecule has 0 amide bonds. The third kappa shape index (κ3) is 2.12. The standard InChI is InChI=1S/C12H13BrN2/c1-9-7-10(2)15(14-9)12-5-3-11(8-13)4-6-12/h3-7H,8H2,1-2H3. The number of aromatic nitrogens is 2. The Hall–Kier alpha value is -1.09. The number of rotatable bonds is 2. The highest BCUT2D eigenvalue weighted by Gasteiger charge is 2.02. The van der Waals surface area contributed by atoms with E-state index in [1.807, 2.05) is 11.6 Å². The molecule has 1 aromatic heterocycles. The zero-order valence-corrected chi connectivity index (χ0v) is 10.5. The Morgan fingerprint density at radius 1 is 1.20 bits per heavy atom. The second kappa shape index (κ2) is 4.19. The zero-order valence-electron chi connectivity index (χ0n) is 8.87. The van der Waals surface area contributed by atoms with Crippen molar-refractivity contribution < 1.29 is 0 Å². The number of benzene rings is 1. The maximum absolute atomic E-state index is 4.44. The fourth-order valence-corrected chi connectivity index (χ4v) is 1.99. The fourth-order valence-electron chi connectivity index (χ4n) is 1.62. The third-order valence-electron chi connectivity index (χ3n) is 2.34. The molecule has 3 heteroatoms. The van der Waals surface area contributed by atoms with Crippen molar-refractivity contribution in [2.75, 3.05) is 0 Å².